The molecule has 0 radical (unpaired) electrons. The van der Waals surface area contributed by atoms with Gasteiger partial charge in [0.1, 0.15) is 6.33 Å². The number of aryl methyl sites for hydroxylation is 2. The van der Waals surface area contributed by atoms with Crippen LogP contribution in [0.4, 0.5) is 0 Å². The molecule has 5 nitrogen and oxygen atoms in total. The van der Waals surface area contributed by atoms with Gasteiger partial charge in [-0.3, -0.25) is 0 Å². The quantitative estimate of drug-likeness (QED) is 0.563. The topological polar surface area (TPSA) is 64.8 Å². The molecule has 0 aliphatic carbocycles. The predicted octanol–water partition coefficient (Wildman–Crippen LogP) is 3.15. The minimum absolute atomic E-state index is 0.0828. The number of hydrogen-bond donors (Lipinski definition) is 0. The molecule has 0 aliphatic heterocycles. The summed E-state index contributed by atoms with van der Waals surface area (Å²) < 4.78 is 26.5. The molecule has 3 rings (SSSR count). The van der Waals surface area contributed by atoms with E-state index in [1.54, 1.807) is 41.9 Å². The average Bonchev–Trinajstić information content (AvgIpc) is 3.25. The normalized spacial score (nSPS) is 11.7. The summed E-state index contributed by atoms with van der Waals surface area (Å²) in [5.41, 5.74) is 0. The van der Waals surface area contributed by atoms with Crippen molar-refractivity contribution in [3.8, 4) is 0 Å². The molecule has 0 aliphatic rings. The van der Waals surface area contributed by atoms with Gasteiger partial charge in [-0.2, -0.15) is 0 Å². The van der Waals surface area contributed by atoms with E-state index in [2.05, 4.69) is 21.6 Å². The third-order valence-electron chi connectivity index (χ3n) is 3.44. The smallest absolute Gasteiger partial charge is 0.191 e. The van der Waals surface area contributed by atoms with Crippen molar-refractivity contribution in [2.45, 2.75) is 23.0 Å². The third kappa shape index (κ3) is 4.46. The number of hydrogen-bond acceptors (Lipinski definition) is 6. The molecule has 0 fully saturated rings. The van der Waals surface area contributed by atoms with Crippen molar-refractivity contribution in [3.05, 3.63) is 59.0 Å². The lowest BCUT2D eigenvalue weighted by molar-refractivity contribution is 0.597. The number of thiophene rings is 1. The molecule has 0 unspecified atom stereocenters. The van der Waals surface area contributed by atoms with E-state index in [4.69, 9.17) is 0 Å². The molecule has 2 heterocycles. The van der Waals surface area contributed by atoms with Gasteiger partial charge in [0.2, 0.25) is 0 Å². The van der Waals surface area contributed by atoms with Crippen molar-refractivity contribution in [1.29, 1.82) is 0 Å². The molecule has 0 saturated heterocycles. The highest BCUT2D eigenvalue weighted by atomic mass is 32.2. The third-order valence-corrected chi connectivity index (χ3v) is 7.35. The first-order chi connectivity index (χ1) is 11.6. The monoisotopic (exact) mass is 379 g/mol. The van der Waals surface area contributed by atoms with Gasteiger partial charge in [0.25, 0.3) is 0 Å². The van der Waals surface area contributed by atoms with Gasteiger partial charge >= 0.3 is 0 Å². The van der Waals surface area contributed by atoms with E-state index in [0.717, 1.165) is 18.1 Å². The van der Waals surface area contributed by atoms with E-state index in [-0.39, 0.29) is 5.75 Å². The van der Waals surface area contributed by atoms with Crippen molar-refractivity contribution in [2.24, 2.45) is 0 Å². The molecule has 2 aromatic heterocycles. The van der Waals surface area contributed by atoms with Crippen LogP contribution in [0.5, 0.6) is 0 Å². The molecule has 3 aromatic rings. The van der Waals surface area contributed by atoms with Gasteiger partial charge in [0.05, 0.1) is 10.6 Å². The zero-order valence-electron chi connectivity index (χ0n) is 12.9. The van der Waals surface area contributed by atoms with Crippen LogP contribution in [0.2, 0.25) is 0 Å². The number of nitrogens with zero attached hydrogens (tertiary/aromatic N) is 3. The Balaban J connectivity index is 1.55. The number of benzene rings is 1. The Labute approximate surface area is 149 Å². The lowest BCUT2D eigenvalue weighted by Crippen LogP contribution is -2.09. The van der Waals surface area contributed by atoms with Gasteiger partial charge < -0.3 is 4.57 Å². The Hall–Kier alpha value is -1.64. The Morgan fingerprint density at radius 1 is 1.12 bits per heavy atom. The van der Waals surface area contributed by atoms with Crippen molar-refractivity contribution in [2.75, 3.05) is 11.5 Å². The molecule has 1 aromatic carbocycles. The molecule has 0 atom stereocenters. The fraction of sp³-hybridized carbons (Fsp3) is 0.250. The van der Waals surface area contributed by atoms with E-state index in [0.29, 0.717) is 10.6 Å². The molecule has 0 amide bonds. The Morgan fingerprint density at radius 3 is 2.71 bits per heavy atom. The first kappa shape index (κ1) is 17.2. The molecule has 0 spiro atoms. The largest absolute Gasteiger partial charge is 0.308 e. The van der Waals surface area contributed by atoms with Gasteiger partial charge in [-0.05, 0) is 30.0 Å². The van der Waals surface area contributed by atoms with E-state index < -0.39 is 9.84 Å². The van der Waals surface area contributed by atoms with Gasteiger partial charge in [-0.1, -0.05) is 36.0 Å². The van der Waals surface area contributed by atoms with Crippen molar-refractivity contribution >= 4 is 32.9 Å². The minimum atomic E-state index is -3.25. The average molecular weight is 380 g/mol. The van der Waals surface area contributed by atoms with Crippen LogP contribution in [0, 0.1) is 0 Å². The second kappa shape index (κ2) is 7.96. The Bertz CT molecular complexity index is 859. The van der Waals surface area contributed by atoms with Crippen LogP contribution in [0.1, 0.15) is 4.88 Å². The zero-order valence-corrected chi connectivity index (χ0v) is 15.4. The molecule has 0 N–H and O–H groups in total. The highest BCUT2D eigenvalue weighted by molar-refractivity contribution is 8.00. The zero-order chi connectivity index (χ0) is 16.8. The lowest BCUT2D eigenvalue weighted by atomic mass is 10.3. The number of thioether (sulfide) groups is 1. The van der Waals surface area contributed by atoms with Crippen LogP contribution in [-0.2, 0) is 22.8 Å². The van der Waals surface area contributed by atoms with Gasteiger partial charge in [0.15, 0.2) is 15.0 Å². The molecular formula is C16H17N3O2S3. The summed E-state index contributed by atoms with van der Waals surface area (Å²) in [6.45, 7) is 0.793. The van der Waals surface area contributed by atoms with E-state index in [9.17, 15) is 8.42 Å². The fourth-order valence-corrected chi connectivity index (χ4v) is 5.49. The van der Waals surface area contributed by atoms with Crippen LogP contribution >= 0.6 is 23.1 Å². The molecule has 126 valence electrons. The summed E-state index contributed by atoms with van der Waals surface area (Å²) >= 11 is 3.16. The summed E-state index contributed by atoms with van der Waals surface area (Å²) in [6, 6.07) is 12.7. The summed E-state index contributed by atoms with van der Waals surface area (Å²) in [4.78, 5) is 1.68. The first-order valence-electron chi connectivity index (χ1n) is 7.46. The SMILES string of the molecule is O=S(=O)(CCSc1nncn1CCc1cccs1)c1ccccc1. The summed E-state index contributed by atoms with van der Waals surface area (Å²) in [5.74, 6) is 0.536. The fourth-order valence-electron chi connectivity index (χ4n) is 2.18. The summed E-state index contributed by atoms with van der Waals surface area (Å²) in [5, 5.41) is 10.9. The maximum Gasteiger partial charge on any atom is 0.191 e. The van der Waals surface area contributed by atoms with Crippen LogP contribution in [0.3, 0.4) is 0 Å². The standard InChI is InChI=1S/C16H17N3O2S3/c20-24(21,15-6-2-1-3-7-15)12-11-23-16-18-17-13-19(16)9-8-14-5-4-10-22-14/h1-7,10,13H,8-9,11-12H2. The van der Waals surface area contributed by atoms with Crippen LogP contribution in [-0.4, -0.2) is 34.7 Å². The Kier molecular flexibility index (Phi) is 5.70. The van der Waals surface area contributed by atoms with Crippen molar-refractivity contribution in [1.82, 2.24) is 14.8 Å². The highest BCUT2D eigenvalue weighted by Crippen LogP contribution is 2.19. The van der Waals surface area contributed by atoms with E-state index in [1.165, 1.54) is 16.6 Å². The van der Waals surface area contributed by atoms with E-state index >= 15 is 0 Å². The number of rotatable bonds is 8. The number of aromatic nitrogens is 3. The predicted molar refractivity (Wildman–Crippen MR) is 97.3 cm³/mol. The van der Waals surface area contributed by atoms with Gasteiger partial charge in [-0.15, -0.1) is 21.5 Å². The Morgan fingerprint density at radius 2 is 1.96 bits per heavy atom. The van der Waals surface area contributed by atoms with Crippen LogP contribution < -0.4 is 0 Å². The molecule has 24 heavy (non-hydrogen) atoms. The second-order valence-corrected chi connectivity index (χ2v) is 9.32. The van der Waals surface area contributed by atoms with Crippen LogP contribution in [0.15, 0.2) is 64.2 Å². The van der Waals surface area contributed by atoms with Gasteiger partial charge in [-0.25, -0.2) is 8.42 Å². The summed E-state index contributed by atoms with van der Waals surface area (Å²) in [6.07, 6.45) is 2.62. The lowest BCUT2D eigenvalue weighted by Gasteiger charge is -2.06. The van der Waals surface area contributed by atoms with Crippen molar-refractivity contribution < 1.29 is 8.42 Å². The second-order valence-electron chi connectivity index (χ2n) is 5.12. The van der Waals surface area contributed by atoms with Crippen LogP contribution in [0.25, 0.3) is 0 Å². The maximum absolute atomic E-state index is 12.3. The number of sulfone groups is 1. The first-order valence-corrected chi connectivity index (χ1v) is 11.0. The maximum atomic E-state index is 12.3. The van der Waals surface area contributed by atoms with Crippen molar-refractivity contribution in [3.63, 3.8) is 0 Å². The molecule has 0 bridgehead atoms. The minimum Gasteiger partial charge on any atom is -0.308 e. The molecule has 0 saturated carbocycles. The highest BCUT2D eigenvalue weighted by Gasteiger charge is 2.15. The molecular weight excluding hydrogens is 362 g/mol. The molecule has 8 heteroatoms. The summed E-state index contributed by atoms with van der Waals surface area (Å²) in [7, 11) is -3.25. The van der Waals surface area contributed by atoms with E-state index in [1.807, 2.05) is 16.7 Å². The van der Waals surface area contributed by atoms with Gasteiger partial charge in [0, 0.05) is 17.2 Å².